The highest BCUT2D eigenvalue weighted by atomic mass is 79.9. The van der Waals surface area contributed by atoms with Gasteiger partial charge in [-0.05, 0) is 308 Å². The topological polar surface area (TPSA) is 291 Å². The van der Waals surface area contributed by atoms with Crippen molar-refractivity contribution in [3.63, 3.8) is 0 Å². The molecule has 6 aliphatic carbocycles. The molecule has 0 radical (unpaired) electrons. The first-order valence-electron chi connectivity index (χ1n) is 43.5. The second-order valence-electron chi connectivity index (χ2n) is 38.2. The highest BCUT2D eigenvalue weighted by Crippen LogP contribution is 2.57. The summed E-state index contributed by atoms with van der Waals surface area (Å²) in [5.41, 5.74) is 13.2. The minimum atomic E-state index is -4.39. The predicted octanol–water partition coefficient (Wildman–Crippen LogP) is 19.0. The Labute approximate surface area is 768 Å². The van der Waals surface area contributed by atoms with E-state index in [9.17, 15) is 75.6 Å². The van der Waals surface area contributed by atoms with E-state index in [0.717, 1.165) is 180 Å². The van der Waals surface area contributed by atoms with Crippen LogP contribution in [0.15, 0.2) is 165 Å². The molecule has 131 heavy (non-hydrogen) atoms. The smallest absolute Gasteiger partial charge is 0.444 e. The number of carbonyl (C=O) groups excluding carboxylic acids is 5. The quantitative estimate of drug-likeness (QED) is 0.0529. The number of sulfonamides is 3. The van der Waals surface area contributed by atoms with Crippen molar-refractivity contribution in [2.75, 3.05) is 39.1 Å². The summed E-state index contributed by atoms with van der Waals surface area (Å²) < 4.78 is 191. The minimum Gasteiger partial charge on any atom is -0.444 e. The number of ether oxygens (including phenoxy) is 2. The zero-order valence-electron chi connectivity index (χ0n) is 73.7. The molecule has 33 heteroatoms. The van der Waals surface area contributed by atoms with Crippen LogP contribution in [-0.2, 0) is 138 Å². The number of anilines is 5. The number of fused-ring (bicyclic) bond motifs is 9. The number of rotatable bonds is 13. The fraction of sp³-hybridized carbons (Fsp3) is 0.398. The summed E-state index contributed by atoms with van der Waals surface area (Å²) in [6.07, 6.45) is 9.85. The number of ketones is 3. The third-order valence-corrected chi connectivity index (χ3v) is 31.7. The van der Waals surface area contributed by atoms with Crippen molar-refractivity contribution in [1.29, 1.82) is 0 Å². The molecule has 1 saturated heterocycles. The van der Waals surface area contributed by atoms with Gasteiger partial charge in [-0.2, -0.15) is 0 Å². The maximum absolute atomic E-state index is 14.4. The number of benzene rings is 9. The second-order valence-corrected chi connectivity index (χ2v) is 44.0. The van der Waals surface area contributed by atoms with E-state index >= 15 is 0 Å². The Balaban J connectivity index is 0.000000136. The van der Waals surface area contributed by atoms with Crippen LogP contribution in [0.3, 0.4) is 0 Å². The zero-order chi connectivity index (χ0) is 93.1. The van der Waals surface area contributed by atoms with Crippen LogP contribution in [0.1, 0.15) is 201 Å². The molecule has 0 unspecified atom stereocenters. The standard InChI is InChI=1S/C32H33F2N3O5S.C27H24F2N2O3S.C20H30BNO4.C18H14BrF2NO3S.CH4/c1-31(2,3)42-30(39)37-12-9-19-13-22(7-5-20(19)18-37)35-27-16-23(15-25-24(27)17-29(38)32(25)10-4-11-32)36-43(40,41)28-8-6-21(33)14-26(28)34;28-19-4-5-25(24(29)11-19)35(33,34)31-20-12-21(17-3-2-16-6-9-30-15-18(16)10-17)22-14-26(32)27(7-1-8-27)23(22)13-20;1-18(2,3)24-17(23)22-11-10-14-8-9-16(12-15(14)13-22)21-25-19(4,5)20(6,7)26-21;19-14-8-11(7-13-12(14)9-17(23)18(13)4-1-5-18)22-26(24,25)16-3-2-10(20)6-15(16)21;/h5-8,13-16,35-36H,4,9-12,17-18H2,1-3H3;2-5,10-13,30-31H,1,6-9,14-15H2;8-9,12H,10-11,13H2,1-7H3;2-3,6-8,22H,1,4-5,9H2;1H4. The lowest BCUT2D eigenvalue weighted by Crippen LogP contribution is -2.41. The van der Waals surface area contributed by atoms with Crippen LogP contribution in [-0.4, -0.2) is 114 Å². The van der Waals surface area contributed by atoms with Crippen molar-refractivity contribution in [2.45, 2.75) is 246 Å². The van der Waals surface area contributed by atoms with Gasteiger partial charge in [0.15, 0.2) is 0 Å². The van der Waals surface area contributed by atoms with Crippen molar-refractivity contribution < 1.29 is 94.4 Å². The van der Waals surface area contributed by atoms with Crippen molar-refractivity contribution in [3.05, 3.63) is 252 Å². The summed E-state index contributed by atoms with van der Waals surface area (Å²) >= 11 is 3.41. The highest BCUT2D eigenvalue weighted by molar-refractivity contribution is 9.10. The molecule has 692 valence electrons. The molecule has 4 aliphatic heterocycles. The fourth-order valence-electron chi connectivity index (χ4n) is 18.9. The molecule has 22 nitrogen and oxygen atoms in total. The van der Waals surface area contributed by atoms with Crippen LogP contribution in [0.5, 0.6) is 0 Å². The fourth-order valence-corrected chi connectivity index (χ4v) is 22.8. The summed E-state index contributed by atoms with van der Waals surface area (Å²) in [6, 6.07) is 35.2. The van der Waals surface area contributed by atoms with Crippen molar-refractivity contribution >= 4 is 117 Å². The Bertz CT molecular complexity index is 6520. The monoisotopic (exact) mass is 1920 g/mol. The summed E-state index contributed by atoms with van der Waals surface area (Å²) in [5.74, 6) is -5.68. The lowest BCUT2D eigenvalue weighted by molar-refractivity contribution is -0.126. The largest absolute Gasteiger partial charge is 0.494 e. The number of Topliss-reactive ketones (excluding diaryl/α,β-unsaturated/α-hetero) is 3. The maximum atomic E-state index is 14.4. The van der Waals surface area contributed by atoms with Gasteiger partial charge in [0, 0.05) is 91.7 Å². The predicted molar refractivity (Wildman–Crippen MR) is 491 cm³/mol. The number of amides is 2. The normalized spacial score (nSPS) is 18.3. The second kappa shape index (κ2) is 35.5. The first-order chi connectivity index (χ1) is 61.1. The van der Waals surface area contributed by atoms with Crippen LogP contribution in [0.2, 0.25) is 0 Å². The zero-order valence-corrected chi connectivity index (χ0v) is 77.7. The summed E-state index contributed by atoms with van der Waals surface area (Å²) in [6.45, 7) is 23.2. The van der Waals surface area contributed by atoms with E-state index in [1.807, 2.05) is 65.8 Å². The molecule has 4 fully saturated rings. The van der Waals surface area contributed by atoms with E-state index < -0.39 is 107 Å². The lowest BCUT2D eigenvalue weighted by atomic mass is 9.64. The third-order valence-electron chi connectivity index (χ3n) is 26.8. The lowest BCUT2D eigenvalue weighted by Gasteiger charge is -2.38. The highest BCUT2D eigenvalue weighted by Gasteiger charge is 2.55. The van der Waals surface area contributed by atoms with E-state index in [0.29, 0.717) is 86.6 Å². The van der Waals surface area contributed by atoms with Crippen LogP contribution in [0, 0.1) is 34.9 Å². The number of nitrogens with one attached hydrogen (secondary N) is 5. The first-order valence-corrected chi connectivity index (χ1v) is 48.7. The van der Waals surface area contributed by atoms with Crippen LogP contribution in [0.4, 0.5) is 64.4 Å². The molecule has 2 amide bonds. The van der Waals surface area contributed by atoms with E-state index in [1.165, 1.54) is 16.7 Å². The first kappa shape index (κ1) is 95.2. The number of hydrogen-bond donors (Lipinski definition) is 5. The SMILES string of the molecule is C.CC(C)(C)OC(=O)N1CCc2cc(Nc3cc(NS(=O)(=O)c4ccc(F)cc4F)cc4c3CC(=O)C43CCC3)ccc2C1.CC(C)(C)OC(=O)N1CCc2ccc(B3OC(C)(C)C(C)(C)O3)cc2C1.O=C1Cc2c(-c3ccc4c(c3)CNCC4)cc(NS(=O)(=O)c3ccc(F)cc3F)cc2C12CCC2.O=C1Cc2c(Br)cc(NS(=O)(=O)c3ccc(F)cc3F)cc2C12CCC2. The molecule has 0 atom stereocenters. The van der Waals surface area contributed by atoms with Crippen LogP contribution >= 0.6 is 15.9 Å². The van der Waals surface area contributed by atoms with Gasteiger partial charge in [0.05, 0.1) is 38.8 Å². The number of nitrogens with zero attached hydrogens (tertiary/aromatic N) is 2. The average molecular weight is 1920 g/mol. The molecule has 10 aliphatic rings. The van der Waals surface area contributed by atoms with E-state index in [2.05, 4.69) is 98.8 Å². The van der Waals surface area contributed by atoms with Gasteiger partial charge in [0.25, 0.3) is 30.1 Å². The van der Waals surface area contributed by atoms with Gasteiger partial charge in [-0.25, -0.2) is 61.2 Å². The Morgan fingerprint density at radius 3 is 1.35 bits per heavy atom. The van der Waals surface area contributed by atoms with Crippen LogP contribution in [0.25, 0.3) is 11.1 Å². The molecular weight excluding hydrogens is 1820 g/mol. The molecule has 19 rings (SSSR count). The summed E-state index contributed by atoms with van der Waals surface area (Å²) in [7, 11) is -13.3. The van der Waals surface area contributed by atoms with E-state index in [-0.39, 0.29) is 78.8 Å². The number of carbonyl (C=O) groups is 5. The van der Waals surface area contributed by atoms with Gasteiger partial charge in [0.2, 0.25) is 0 Å². The van der Waals surface area contributed by atoms with Gasteiger partial charge in [-0.1, -0.05) is 79.0 Å². The Hall–Kier alpha value is -10.4. The summed E-state index contributed by atoms with van der Waals surface area (Å²) in [5, 5.41) is 6.77. The molecule has 5 N–H and O–H groups in total. The summed E-state index contributed by atoms with van der Waals surface area (Å²) in [4.78, 5) is 65.2. The average Bonchev–Trinajstić information content (AvgIpc) is 1.57. The molecular formula is C98H105BBrF6N7O15S3. The van der Waals surface area contributed by atoms with Gasteiger partial charge in [-0.15, -0.1) is 0 Å². The van der Waals surface area contributed by atoms with Crippen molar-refractivity contribution in [2.24, 2.45) is 0 Å². The number of hydrogen-bond acceptors (Lipinski definition) is 17. The molecule has 4 heterocycles. The van der Waals surface area contributed by atoms with E-state index in [1.54, 1.807) is 46.2 Å². The molecule has 9 aromatic carbocycles. The third kappa shape index (κ3) is 19.1. The van der Waals surface area contributed by atoms with Crippen LogP contribution < -0.4 is 30.3 Å². The van der Waals surface area contributed by atoms with Gasteiger partial charge in [-0.3, -0.25) is 28.5 Å². The van der Waals surface area contributed by atoms with Crippen molar-refractivity contribution in [3.8, 4) is 11.1 Å². The molecule has 3 spiro atoms. The Morgan fingerprint density at radius 1 is 0.458 bits per heavy atom. The van der Waals surface area contributed by atoms with Gasteiger partial charge < -0.3 is 39.2 Å². The molecule has 0 bridgehead atoms. The van der Waals surface area contributed by atoms with E-state index in [4.69, 9.17) is 18.8 Å². The number of halogens is 7. The van der Waals surface area contributed by atoms with Crippen molar-refractivity contribution in [1.82, 2.24) is 15.1 Å². The Morgan fingerprint density at radius 2 is 0.878 bits per heavy atom. The minimum absolute atomic E-state index is 0. The molecule has 9 aromatic rings. The Kier molecular flexibility index (Phi) is 25.8. The molecule has 0 aromatic heterocycles. The van der Waals surface area contributed by atoms with Gasteiger partial charge >= 0.3 is 19.3 Å². The molecule has 3 saturated carbocycles. The maximum Gasteiger partial charge on any atom is 0.494 e. The van der Waals surface area contributed by atoms with Gasteiger partial charge in [0.1, 0.15) is 78.1 Å².